The van der Waals surface area contributed by atoms with Gasteiger partial charge in [-0.15, -0.1) is 0 Å². The van der Waals surface area contributed by atoms with Gasteiger partial charge in [-0.3, -0.25) is 14.9 Å². The van der Waals surface area contributed by atoms with Gasteiger partial charge in [0.1, 0.15) is 11.6 Å². The molecule has 234 valence electrons. The number of alkyl halides is 3. The molecule has 17 heteroatoms. The number of benzene rings is 1. The van der Waals surface area contributed by atoms with Crippen molar-refractivity contribution < 1.29 is 32.1 Å². The molecule has 0 unspecified atom stereocenters. The van der Waals surface area contributed by atoms with Crippen LogP contribution in [0.25, 0.3) is 16.7 Å². The molecule has 12 nitrogen and oxygen atoms in total. The molecular formula is C27H30F3N7O5SSi. The molecule has 1 aliphatic rings. The molecule has 0 atom stereocenters. The van der Waals surface area contributed by atoms with E-state index >= 15 is 0 Å². The Morgan fingerprint density at radius 3 is 2.41 bits per heavy atom. The van der Waals surface area contributed by atoms with Gasteiger partial charge in [0, 0.05) is 19.2 Å². The Balaban J connectivity index is 1.45. The number of hydrogen-bond donors (Lipinski definition) is 1. The smallest absolute Gasteiger partial charge is 0.422 e. The summed E-state index contributed by atoms with van der Waals surface area (Å²) < 4.78 is 50.5. The fraction of sp³-hybridized carbons (Fsp3) is 0.407. The average Bonchev–Trinajstić information content (AvgIpc) is 3.57. The van der Waals surface area contributed by atoms with Gasteiger partial charge in [-0.25, -0.2) is 4.68 Å². The highest BCUT2D eigenvalue weighted by Crippen LogP contribution is 2.39. The molecule has 1 saturated heterocycles. The van der Waals surface area contributed by atoms with Crippen LogP contribution in [0.15, 0.2) is 42.6 Å². The Hall–Kier alpha value is -4.09. The van der Waals surface area contributed by atoms with Crippen LogP contribution < -0.4 is 15.0 Å². The van der Waals surface area contributed by atoms with E-state index in [0.717, 1.165) is 11.3 Å². The second-order valence-electron chi connectivity index (χ2n) is 11.8. The Morgan fingerprint density at radius 2 is 1.82 bits per heavy atom. The predicted molar refractivity (Wildman–Crippen MR) is 161 cm³/mol. The van der Waals surface area contributed by atoms with Crippen molar-refractivity contribution in [2.75, 3.05) is 29.9 Å². The van der Waals surface area contributed by atoms with Gasteiger partial charge in [0.25, 0.3) is 5.91 Å². The Labute approximate surface area is 255 Å². The average molecular weight is 650 g/mol. The fourth-order valence-electron chi connectivity index (χ4n) is 4.16. The molecule has 0 aliphatic carbocycles. The monoisotopic (exact) mass is 649 g/mol. The molecule has 3 aromatic heterocycles. The van der Waals surface area contributed by atoms with E-state index in [0.29, 0.717) is 35.8 Å². The molecule has 0 bridgehead atoms. The standard InChI is InChI=1S/C27H30F3N7O5SSi/c1-26(2,3)44(4,5)42-18-13-35(14-18)25-33-22(32-24(38)20-10-11-21(43-20)37(39)40)19-12-31-36(23(19)34-25)16-6-8-17(9-7-16)41-15-27(28,29)30/h6-12,18H,13-15H2,1-5H3,(H,32,33,34,38). The molecular weight excluding hydrogens is 619 g/mol. The van der Waals surface area contributed by atoms with E-state index in [1.54, 1.807) is 0 Å². The number of fused-ring (bicyclic) bond motifs is 1. The maximum Gasteiger partial charge on any atom is 0.422 e. The van der Waals surface area contributed by atoms with Crippen LogP contribution in [0.4, 0.5) is 29.9 Å². The van der Waals surface area contributed by atoms with Crippen molar-refractivity contribution in [1.82, 2.24) is 19.7 Å². The minimum atomic E-state index is -4.47. The van der Waals surface area contributed by atoms with Gasteiger partial charge in [-0.1, -0.05) is 32.1 Å². The summed E-state index contributed by atoms with van der Waals surface area (Å²) in [5.74, 6) is -0.0944. The van der Waals surface area contributed by atoms with Crippen LogP contribution in [0.3, 0.4) is 0 Å². The molecule has 1 amide bonds. The Morgan fingerprint density at radius 1 is 1.14 bits per heavy atom. The highest BCUT2D eigenvalue weighted by Gasteiger charge is 2.42. The van der Waals surface area contributed by atoms with Gasteiger partial charge in [0.2, 0.25) is 5.95 Å². The fourth-order valence-corrected chi connectivity index (χ4v) is 6.21. The minimum Gasteiger partial charge on any atom is -0.484 e. The number of ether oxygens (including phenoxy) is 1. The lowest BCUT2D eigenvalue weighted by atomic mass is 10.2. The number of hydrogen-bond acceptors (Lipinski definition) is 10. The van der Waals surface area contributed by atoms with Crippen LogP contribution in [-0.4, -0.2) is 70.9 Å². The third-order valence-corrected chi connectivity index (χ3v) is 13.1. The molecule has 0 radical (unpaired) electrons. The number of nitro groups is 1. The molecule has 1 fully saturated rings. The van der Waals surface area contributed by atoms with E-state index in [-0.39, 0.29) is 32.6 Å². The summed E-state index contributed by atoms with van der Waals surface area (Å²) in [4.78, 5) is 35.0. The molecule has 4 aromatic rings. The van der Waals surface area contributed by atoms with E-state index in [2.05, 4.69) is 49.3 Å². The number of halogens is 3. The van der Waals surface area contributed by atoms with E-state index < -0.39 is 31.9 Å². The van der Waals surface area contributed by atoms with Gasteiger partial charge in [-0.2, -0.15) is 28.2 Å². The molecule has 5 rings (SSSR count). The lowest BCUT2D eigenvalue weighted by Gasteiger charge is -2.46. The van der Waals surface area contributed by atoms with Crippen LogP contribution in [0.2, 0.25) is 18.1 Å². The Bertz CT molecular complexity index is 1700. The lowest BCUT2D eigenvalue weighted by molar-refractivity contribution is -0.380. The van der Waals surface area contributed by atoms with Crippen molar-refractivity contribution in [1.29, 1.82) is 0 Å². The van der Waals surface area contributed by atoms with Gasteiger partial charge >= 0.3 is 11.2 Å². The SMILES string of the molecule is CC(C)(C)[Si](C)(C)OC1CN(c2nc(NC(=O)c3ccc([N+](=O)[O-])s3)c3cnn(-c4ccc(OCC(F)(F)F)cc4)c3n2)C1. The van der Waals surface area contributed by atoms with Crippen molar-refractivity contribution in [3.8, 4) is 11.4 Å². The second-order valence-corrected chi connectivity index (χ2v) is 17.6. The normalized spacial score (nSPS) is 14.5. The number of rotatable bonds is 9. The van der Waals surface area contributed by atoms with Crippen LogP contribution in [0.5, 0.6) is 5.75 Å². The van der Waals surface area contributed by atoms with Gasteiger partial charge in [0.15, 0.2) is 20.6 Å². The number of thiophene rings is 1. The number of aromatic nitrogens is 4. The number of nitrogens with zero attached hydrogens (tertiary/aromatic N) is 6. The zero-order valence-electron chi connectivity index (χ0n) is 24.5. The molecule has 1 aromatic carbocycles. The molecule has 1 aliphatic heterocycles. The summed E-state index contributed by atoms with van der Waals surface area (Å²) in [5, 5.41) is 18.5. The molecule has 1 N–H and O–H groups in total. The molecule has 4 heterocycles. The highest BCUT2D eigenvalue weighted by molar-refractivity contribution is 7.17. The first-order valence-electron chi connectivity index (χ1n) is 13.5. The van der Waals surface area contributed by atoms with Gasteiger partial charge in [0.05, 0.1) is 33.2 Å². The van der Waals surface area contributed by atoms with Gasteiger partial charge < -0.3 is 19.4 Å². The zero-order chi connectivity index (χ0) is 32.0. The number of carbonyl (C=O) groups excluding carboxylic acids is 1. The summed E-state index contributed by atoms with van der Waals surface area (Å²) >= 11 is 0.735. The number of anilines is 2. The van der Waals surface area contributed by atoms with Crippen molar-refractivity contribution in [3.05, 3.63) is 57.6 Å². The van der Waals surface area contributed by atoms with E-state index in [4.69, 9.17) is 14.1 Å². The van der Waals surface area contributed by atoms with Crippen LogP contribution in [-0.2, 0) is 4.43 Å². The highest BCUT2D eigenvalue weighted by atomic mass is 32.1. The third-order valence-electron chi connectivity index (χ3n) is 7.53. The van der Waals surface area contributed by atoms with Crippen molar-refractivity contribution in [2.24, 2.45) is 0 Å². The third kappa shape index (κ3) is 6.68. The van der Waals surface area contributed by atoms with Crippen molar-refractivity contribution in [2.45, 2.75) is 51.2 Å². The first kappa shape index (κ1) is 31.3. The quantitative estimate of drug-likeness (QED) is 0.128. The molecule has 0 saturated carbocycles. The van der Waals surface area contributed by atoms with Crippen LogP contribution in [0.1, 0.15) is 30.4 Å². The minimum absolute atomic E-state index is 0.0194. The molecule has 44 heavy (non-hydrogen) atoms. The number of carbonyl (C=O) groups is 1. The van der Waals surface area contributed by atoms with E-state index in [9.17, 15) is 28.1 Å². The summed E-state index contributed by atoms with van der Waals surface area (Å²) in [6.45, 7) is 10.5. The maximum absolute atomic E-state index is 13.1. The van der Waals surface area contributed by atoms with Crippen molar-refractivity contribution >= 4 is 53.4 Å². The maximum atomic E-state index is 13.1. The summed E-state index contributed by atoms with van der Waals surface area (Å²) in [5.41, 5.74) is 0.818. The van der Waals surface area contributed by atoms with Crippen molar-refractivity contribution in [3.63, 3.8) is 0 Å². The number of nitrogens with one attached hydrogen (secondary N) is 1. The summed E-state index contributed by atoms with van der Waals surface area (Å²) in [6, 6.07) is 8.47. The topological polar surface area (TPSA) is 138 Å². The summed E-state index contributed by atoms with van der Waals surface area (Å²) in [6.07, 6.45) is -3.03. The first-order valence-corrected chi connectivity index (χ1v) is 17.3. The van der Waals surface area contributed by atoms with Gasteiger partial charge in [-0.05, 0) is 48.5 Å². The second kappa shape index (κ2) is 11.4. The molecule has 0 spiro atoms. The lowest BCUT2D eigenvalue weighted by Crippen LogP contribution is -2.58. The van der Waals surface area contributed by atoms with E-state index in [1.165, 1.54) is 47.3 Å². The van der Waals surface area contributed by atoms with Crippen LogP contribution in [0, 0.1) is 10.1 Å². The summed E-state index contributed by atoms with van der Waals surface area (Å²) in [7, 11) is -2.01. The zero-order valence-corrected chi connectivity index (χ0v) is 26.3. The first-order chi connectivity index (χ1) is 20.5. The van der Waals surface area contributed by atoms with Crippen LogP contribution >= 0.6 is 11.3 Å². The largest absolute Gasteiger partial charge is 0.484 e. The van der Waals surface area contributed by atoms with E-state index in [1.807, 2.05) is 4.90 Å². The number of amides is 1. The predicted octanol–water partition coefficient (Wildman–Crippen LogP) is 6.19. The Kier molecular flexibility index (Phi) is 8.15.